The van der Waals surface area contributed by atoms with Gasteiger partial charge in [0.1, 0.15) is 0 Å². The van der Waals surface area contributed by atoms with Gasteiger partial charge in [-0.05, 0) is 41.3 Å². The van der Waals surface area contributed by atoms with E-state index in [-0.39, 0.29) is 24.6 Å². The number of H-pyrrole nitrogens is 1. The third-order valence-electron chi connectivity index (χ3n) is 5.81. The van der Waals surface area contributed by atoms with Crippen LogP contribution in [0.1, 0.15) is 11.1 Å². The molecule has 0 fully saturated rings. The summed E-state index contributed by atoms with van der Waals surface area (Å²) in [5, 5.41) is 4.13. The number of aromatic nitrogens is 1. The van der Waals surface area contributed by atoms with Crippen molar-refractivity contribution in [3.8, 4) is 0 Å². The van der Waals surface area contributed by atoms with Gasteiger partial charge in [0.05, 0.1) is 19.1 Å². The molecule has 29 heavy (non-hydrogen) atoms. The van der Waals surface area contributed by atoms with Crippen LogP contribution in [0.5, 0.6) is 0 Å². The number of methoxy groups -OCH3 is 1. The predicted octanol–water partition coefficient (Wildman–Crippen LogP) is 3.81. The highest BCUT2D eigenvalue weighted by Gasteiger charge is 2.39. The lowest BCUT2D eigenvalue weighted by Crippen LogP contribution is -2.51. The number of ether oxygens (including phenoxy) is 1. The summed E-state index contributed by atoms with van der Waals surface area (Å²) in [4.78, 5) is 30.7. The second-order valence-corrected chi connectivity index (χ2v) is 7.46. The van der Waals surface area contributed by atoms with Gasteiger partial charge in [0.2, 0.25) is 0 Å². The van der Waals surface area contributed by atoms with Crippen molar-refractivity contribution in [1.82, 2.24) is 9.88 Å². The van der Waals surface area contributed by atoms with Gasteiger partial charge >= 0.3 is 12.0 Å². The van der Waals surface area contributed by atoms with Crippen LogP contribution in [-0.4, -0.2) is 41.6 Å². The normalized spacial score (nSPS) is 20.0. The summed E-state index contributed by atoms with van der Waals surface area (Å²) in [7, 11) is 1.38. The van der Waals surface area contributed by atoms with E-state index in [4.69, 9.17) is 4.74 Å². The third-order valence-corrected chi connectivity index (χ3v) is 5.81. The van der Waals surface area contributed by atoms with Gasteiger partial charge < -0.3 is 19.9 Å². The minimum absolute atomic E-state index is 0.131. The Morgan fingerprint density at radius 3 is 2.76 bits per heavy atom. The smallest absolute Gasteiger partial charge is 0.322 e. The molecule has 3 aromatic rings. The van der Waals surface area contributed by atoms with Crippen LogP contribution in [0, 0.1) is 5.92 Å². The number of esters is 1. The highest BCUT2D eigenvalue weighted by molar-refractivity contribution is 6.01. The number of carbonyl (C=O) groups excluding carboxylic acids is 2. The zero-order valence-corrected chi connectivity index (χ0v) is 16.0. The molecule has 0 unspecified atom stereocenters. The Bertz CT molecular complexity index is 1130. The third kappa shape index (κ3) is 2.88. The molecule has 0 radical (unpaired) electrons. The average Bonchev–Trinajstić information content (AvgIpc) is 3.17. The number of hydrogen-bond donors (Lipinski definition) is 2. The number of rotatable bonds is 2. The Kier molecular flexibility index (Phi) is 4.12. The van der Waals surface area contributed by atoms with Crippen LogP contribution in [0.3, 0.4) is 0 Å². The van der Waals surface area contributed by atoms with Gasteiger partial charge in [-0.25, -0.2) is 4.79 Å². The Morgan fingerprint density at radius 2 is 1.97 bits per heavy atom. The first-order chi connectivity index (χ1) is 14.2. The van der Waals surface area contributed by atoms with Gasteiger partial charge in [-0.15, -0.1) is 0 Å². The van der Waals surface area contributed by atoms with Crippen molar-refractivity contribution in [1.29, 1.82) is 0 Å². The lowest BCUT2D eigenvalue weighted by Gasteiger charge is -2.41. The molecule has 1 aromatic heterocycles. The molecule has 0 saturated carbocycles. The van der Waals surface area contributed by atoms with E-state index < -0.39 is 5.92 Å². The number of nitrogens with zero attached hydrogens (tertiary/aromatic N) is 1. The van der Waals surface area contributed by atoms with Crippen LogP contribution in [0.25, 0.3) is 16.5 Å². The Hall–Kier alpha value is -3.54. The van der Waals surface area contributed by atoms with Gasteiger partial charge in [0.15, 0.2) is 0 Å². The van der Waals surface area contributed by atoms with Crippen molar-refractivity contribution >= 4 is 34.2 Å². The highest BCUT2D eigenvalue weighted by atomic mass is 16.5. The standard InChI is InChI=1S/C23H21N3O3/c1-29-22(27)15-10-18-17-8-5-9-19-21(17)14(12-24-19)11-20(18)26(13-15)23(28)25-16-6-3-2-4-7-16/h2-10,12,15,20,24H,11,13H2,1H3,(H,25,28)/t15-,20-/m1/s1. The van der Waals surface area contributed by atoms with Gasteiger partial charge in [-0.2, -0.15) is 0 Å². The fourth-order valence-corrected chi connectivity index (χ4v) is 4.48. The second-order valence-electron chi connectivity index (χ2n) is 7.46. The van der Waals surface area contributed by atoms with Crippen molar-refractivity contribution in [3.63, 3.8) is 0 Å². The molecule has 2 atom stereocenters. The first-order valence-electron chi connectivity index (χ1n) is 9.67. The molecule has 0 bridgehead atoms. The first-order valence-corrected chi connectivity index (χ1v) is 9.67. The Morgan fingerprint density at radius 1 is 1.14 bits per heavy atom. The average molecular weight is 387 g/mol. The number of amides is 2. The van der Waals surface area contributed by atoms with E-state index in [9.17, 15) is 9.59 Å². The molecule has 5 rings (SSSR count). The van der Waals surface area contributed by atoms with Gasteiger partial charge in [-0.1, -0.05) is 36.4 Å². The van der Waals surface area contributed by atoms with E-state index in [0.29, 0.717) is 6.42 Å². The van der Waals surface area contributed by atoms with Crippen LogP contribution in [-0.2, 0) is 16.0 Å². The van der Waals surface area contributed by atoms with Crippen molar-refractivity contribution in [3.05, 3.63) is 71.9 Å². The summed E-state index contributed by atoms with van der Waals surface area (Å²) in [5.74, 6) is -0.830. The molecule has 1 aliphatic carbocycles. The minimum Gasteiger partial charge on any atom is -0.469 e. The van der Waals surface area contributed by atoms with Crippen molar-refractivity contribution in [2.75, 3.05) is 19.0 Å². The van der Waals surface area contributed by atoms with E-state index in [1.54, 1.807) is 4.90 Å². The summed E-state index contributed by atoms with van der Waals surface area (Å²) in [6.45, 7) is 0.287. The largest absolute Gasteiger partial charge is 0.469 e. The van der Waals surface area contributed by atoms with E-state index in [0.717, 1.165) is 22.3 Å². The molecule has 6 nitrogen and oxygen atoms in total. The summed E-state index contributed by atoms with van der Waals surface area (Å²) in [5.41, 5.74) is 5.06. The SMILES string of the molecule is COC(=O)[C@@H]1C=C2c3cccc4[nH]cc(c34)C[C@H]2N(C(=O)Nc2ccccc2)C1. The van der Waals surface area contributed by atoms with Crippen molar-refractivity contribution in [2.24, 2.45) is 5.92 Å². The molecule has 2 aliphatic rings. The molecule has 2 N–H and O–H groups in total. The molecular weight excluding hydrogens is 366 g/mol. The highest BCUT2D eigenvalue weighted by Crippen LogP contribution is 2.41. The molecule has 0 saturated heterocycles. The number of benzene rings is 2. The summed E-state index contributed by atoms with van der Waals surface area (Å²) >= 11 is 0. The maximum Gasteiger partial charge on any atom is 0.322 e. The van der Waals surface area contributed by atoms with Crippen LogP contribution in [0.2, 0.25) is 0 Å². The molecule has 2 aromatic carbocycles. The number of fused-ring (bicyclic) bond motifs is 2. The molecule has 146 valence electrons. The number of hydrogen-bond acceptors (Lipinski definition) is 3. The molecular formula is C23H21N3O3. The van der Waals surface area contributed by atoms with Crippen LogP contribution < -0.4 is 5.32 Å². The minimum atomic E-state index is -0.497. The van der Waals surface area contributed by atoms with E-state index in [2.05, 4.69) is 16.4 Å². The van der Waals surface area contributed by atoms with Gasteiger partial charge in [0, 0.05) is 29.3 Å². The molecule has 2 heterocycles. The summed E-state index contributed by atoms with van der Waals surface area (Å²) in [6, 6.07) is 15.1. The lowest BCUT2D eigenvalue weighted by atomic mass is 9.80. The quantitative estimate of drug-likeness (QED) is 0.657. The molecule has 1 aliphatic heterocycles. The number of nitrogens with one attached hydrogen (secondary N) is 2. The number of urea groups is 1. The van der Waals surface area contributed by atoms with Gasteiger partial charge in [-0.3, -0.25) is 4.79 Å². The molecule has 6 heteroatoms. The topological polar surface area (TPSA) is 74.4 Å². The van der Waals surface area contributed by atoms with E-state index in [1.165, 1.54) is 18.1 Å². The lowest BCUT2D eigenvalue weighted by molar-refractivity contribution is -0.144. The van der Waals surface area contributed by atoms with Crippen LogP contribution in [0.15, 0.2) is 60.8 Å². The van der Waals surface area contributed by atoms with E-state index >= 15 is 0 Å². The Balaban J connectivity index is 1.57. The predicted molar refractivity (Wildman–Crippen MR) is 111 cm³/mol. The zero-order valence-electron chi connectivity index (χ0n) is 16.0. The monoisotopic (exact) mass is 387 g/mol. The molecule has 0 spiro atoms. The number of anilines is 1. The summed E-state index contributed by atoms with van der Waals surface area (Å²) < 4.78 is 5.00. The zero-order chi connectivity index (χ0) is 20.0. The molecule has 2 amide bonds. The van der Waals surface area contributed by atoms with E-state index in [1.807, 2.05) is 54.7 Å². The maximum absolute atomic E-state index is 13.2. The summed E-state index contributed by atoms with van der Waals surface area (Å²) in [6.07, 6.45) is 4.71. The first kappa shape index (κ1) is 17.6. The van der Waals surface area contributed by atoms with Crippen LogP contribution in [0.4, 0.5) is 10.5 Å². The van der Waals surface area contributed by atoms with Gasteiger partial charge in [0.25, 0.3) is 0 Å². The number of carbonyl (C=O) groups is 2. The fourth-order valence-electron chi connectivity index (χ4n) is 4.48. The number of aromatic amines is 1. The van der Waals surface area contributed by atoms with Crippen molar-refractivity contribution < 1.29 is 14.3 Å². The fraction of sp³-hybridized carbons (Fsp3) is 0.217. The maximum atomic E-state index is 13.2. The second kappa shape index (κ2) is 6.81. The van der Waals surface area contributed by atoms with Crippen molar-refractivity contribution in [2.45, 2.75) is 12.5 Å². The Labute approximate surface area is 168 Å². The van der Waals surface area contributed by atoms with Crippen LogP contribution >= 0.6 is 0 Å². The number of para-hydroxylation sites is 1.